The highest BCUT2D eigenvalue weighted by molar-refractivity contribution is 5.93. The fraction of sp³-hybridized carbons (Fsp3) is 0.462. The molecule has 0 aromatic heterocycles. The van der Waals surface area contributed by atoms with E-state index in [2.05, 4.69) is 5.32 Å². The van der Waals surface area contributed by atoms with E-state index in [9.17, 15) is 13.6 Å². The first kappa shape index (κ1) is 12.8. The van der Waals surface area contributed by atoms with Crippen molar-refractivity contribution in [2.24, 2.45) is 5.92 Å². The summed E-state index contributed by atoms with van der Waals surface area (Å²) in [5.41, 5.74) is 7.76. The Balaban J connectivity index is 2.01. The van der Waals surface area contributed by atoms with E-state index in [1.54, 1.807) is 18.2 Å². The number of anilines is 2. The highest BCUT2D eigenvalue weighted by Gasteiger charge is 2.42. The Hall–Kier alpha value is -1.65. The van der Waals surface area contributed by atoms with Gasteiger partial charge in [0.15, 0.2) is 0 Å². The molecule has 1 aromatic carbocycles. The zero-order valence-corrected chi connectivity index (χ0v) is 10.2. The van der Waals surface area contributed by atoms with Crippen LogP contribution >= 0.6 is 0 Å². The van der Waals surface area contributed by atoms with Crippen LogP contribution in [0.2, 0.25) is 0 Å². The number of carbonyl (C=O) groups excluding carboxylic acids is 1. The Morgan fingerprint density at radius 1 is 1.50 bits per heavy atom. The Kier molecular flexibility index (Phi) is 3.24. The van der Waals surface area contributed by atoms with Crippen LogP contribution in [0.5, 0.6) is 0 Å². The molecule has 1 saturated carbocycles. The van der Waals surface area contributed by atoms with Crippen LogP contribution in [0.25, 0.3) is 0 Å². The number of nitrogen functional groups attached to an aromatic ring is 1. The van der Waals surface area contributed by atoms with Gasteiger partial charge < -0.3 is 11.1 Å². The van der Waals surface area contributed by atoms with Gasteiger partial charge in [-0.3, -0.25) is 4.79 Å². The van der Waals surface area contributed by atoms with Crippen LogP contribution in [0.3, 0.4) is 0 Å². The summed E-state index contributed by atoms with van der Waals surface area (Å²) in [7, 11) is 0. The molecule has 1 amide bonds. The van der Waals surface area contributed by atoms with Crippen LogP contribution in [0.1, 0.15) is 24.8 Å². The maximum Gasteiger partial charge on any atom is 0.248 e. The van der Waals surface area contributed by atoms with Gasteiger partial charge in [0.2, 0.25) is 11.8 Å². The molecule has 0 saturated heterocycles. The number of amides is 1. The first-order chi connectivity index (χ1) is 8.37. The molecular weight excluding hydrogens is 238 g/mol. The molecule has 1 aliphatic rings. The molecule has 5 heteroatoms. The summed E-state index contributed by atoms with van der Waals surface area (Å²) in [6.07, 6.45) is -0.314. The lowest BCUT2D eigenvalue weighted by molar-refractivity contribution is -0.120. The Bertz CT molecular complexity index is 474. The molecule has 1 atom stereocenters. The molecule has 18 heavy (non-hydrogen) atoms. The number of halogens is 2. The number of nitrogens with two attached hydrogens (primary N) is 1. The molecule has 3 N–H and O–H groups in total. The zero-order chi connectivity index (χ0) is 13.3. The fourth-order valence-corrected chi connectivity index (χ4v) is 2.17. The van der Waals surface area contributed by atoms with Crippen molar-refractivity contribution in [1.29, 1.82) is 0 Å². The molecule has 1 unspecified atom stereocenters. The number of carbonyl (C=O) groups is 1. The van der Waals surface area contributed by atoms with E-state index < -0.39 is 11.8 Å². The summed E-state index contributed by atoms with van der Waals surface area (Å²) < 4.78 is 26.0. The van der Waals surface area contributed by atoms with Crippen LogP contribution in [-0.4, -0.2) is 11.8 Å². The maximum absolute atomic E-state index is 13.0. The van der Waals surface area contributed by atoms with Gasteiger partial charge in [-0.05, 0) is 37.1 Å². The summed E-state index contributed by atoms with van der Waals surface area (Å²) in [6, 6.07) is 5.10. The van der Waals surface area contributed by atoms with Crippen molar-refractivity contribution in [3.63, 3.8) is 0 Å². The third-order valence-electron chi connectivity index (χ3n) is 3.31. The molecule has 0 heterocycles. The number of nitrogens with one attached hydrogen (secondary N) is 1. The maximum atomic E-state index is 13.0. The molecule has 3 nitrogen and oxygen atoms in total. The second kappa shape index (κ2) is 4.55. The van der Waals surface area contributed by atoms with Gasteiger partial charge in [0.1, 0.15) is 0 Å². The Labute approximate surface area is 104 Å². The van der Waals surface area contributed by atoms with Gasteiger partial charge in [-0.15, -0.1) is 0 Å². The van der Waals surface area contributed by atoms with Gasteiger partial charge in [-0.1, -0.05) is 0 Å². The number of alkyl halides is 2. The van der Waals surface area contributed by atoms with Crippen LogP contribution in [-0.2, 0) is 4.79 Å². The largest absolute Gasteiger partial charge is 0.399 e. The summed E-state index contributed by atoms with van der Waals surface area (Å²) in [4.78, 5) is 11.8. The molecule has 1 fully saturated rings. The Morgan fingerprint density at radius 3 is 2.78 bits per heavy atom. The predicted octanol–water partition coefficient (Wildman–Crippen LogP) is 2.95. The monoisotopic (exact) mass is 254 g/mol. The van der Waals surface area contributed by atoms with Crippen LogP contribution < -0.4 is 11.1 Å². The average Bonchev–Trinajstić information content (AvgIpc) is 2.64. The predicted molar refractivity (Wildman–Crippen MR) is 66.5 cm³/mol. The van der Waals surface area contributed by atoms with E-state index in [-0.39, 0.29) is 25.2 Å². The summed E-state index contributed by atoms with van der Waals surface area (Å²) in [5.74, 6) is -3.63. The van der Waals surface area contributed by atoms with Crippen molar-refractivity contribution >= 4 is 17.3 Å². The van der Waals surface area contributed by atoms with Gasteiger partial charge in [0.05, 0.1) is 0 Å². The lowest BCUT2D eigenvalue weighted by Gasteiger charge is -2.12. The van der Waals surface area contributed by atoms with Gasteiger partial charge in [-0.2, -0.15) is 0 Å². The molecule has 0 spiro atoms. The van der Waals surface area contributed by atoms with E-state index in [1.165, 1.54) is 0 Å². The quantitative estimate of drug-likeness (QED) is 0.797. The lowest BCUT2D eigenvalue weighted by atomic mass is 10.1. The first-order valence-corrected chi connectivity index (χ1v) is 5.92. The summed E-state index contributed by atoms with van der Waals surface area (Å²) in [6.45, 7) is 1.83. The zero-order valence-electron chi connectivity index (χ0n) is 10.2. The van der Waals surface area contributed by atoms with Crippen molar-refractivity contribution in [3.05, 3.63) is 23.8 Å². The van der Waals surface area contributed by atoms with Crippen LogP contribution in [0.4, 0.5) is 20.2 Å². The highest BCUT2D eigenvalue weighted by Crippen LogP contribution is 2.39. The number of hydrogen-bond acceptors (Lipinski definition) is 2. The lowest BCUT2D eigenvalue weighted by Crippen LogP contribution is -2.22. The molecule has 0 aliphatic heterocycles. The Morgan fingerprint density at radius 2 is 2.22 bits per heavy atom. The van der Waals surface area contributed by atoms with E-state index in [0.29, 0.717) is 11.4 Å². The number of rotatable bonds is 2. The average molecular weight is 254 g/mol. The number of aryl methyl sites for hydroxylation is 1. The minimum Gasteiger partial charge on any atom is -0.399 e. The molecule has 1 aliphatic carbocycles. The second-order valence-corrected chi connectivity index (χ2v) is 4.86. The van der Waals surface area contributed by atoms with Crippen LogP contribution in [0.15, 0.2) is 18.2 Å². The first-order valence-electron chi connectivity index (χ1n) is 5.92. The fourth-order valence-electron chi connectivity index (χ4n) is 2.17. The minimum absolute atomic E-state index is 0.203. The summed E-state index contributed by atoms with van der Waals surface area (Å²) >= 11 is 0. The van der Waals surface area contributed by atoms with E-state index in [4.69, 9.17) is 5.73 Å². The van der Waals surface area contributed by atoms with Crippen molar-refractivity contribution in [1.82, 2.24) is 0 Å². The molecule has 0 bridgehead atoms. The van der Waals surface area contributed by atoms with E-state index in [1.807, 2.05) is 6.92 Å². The second-order valence-electron chi connectivity index (χ2n) is 4.86. The van der Waals surface area contributed by atoms with E-state index >= 15 is 0 Å². The minimum atomic E-state index is -2.70. The summed E-state index contributed by atoms with van der Waals surface area (Å²) in [5, 5.41) is 2.66. The van der Waals surface area contributed by atoms with Gasteiger partial charge in [-0.25, -0.2) is 8.78 Å². The normalized spacial score (nSPS) is 21.8. The molecule has 98 valence electrons. The number of hydrogen-bond donors (Lipinski definition) is 2. The SMILES string of the molecule is Cc1cc(NC(=O)C2CCC(F)(F)C2)ccc1N. The van der Waals surface area contributed by atoms with Crippen LogP contribution in [0, 0.1) is 12.8 Å². The van der Waals surface area contributed by atoms with Crippen molar-refractivity contribution in [2.45, 2.75) is 32.1 Å². The standard InChI is InChI=1S/C13H16F2N2O/c1-8-6-10(2-3-11(8)16)17-12(18)9-4-5-13(14,15)7-9/h2-3,6,9H,4-5,7,16H2,1H3,(H,17,18). The van der Waals surface area contributed by atoms with Crippen molar-refractivity contribution < 1.29 is 13.6 Å². The van der Waals surface area contributed by atoms with Crippen molar-refractivity contribution in [2.75, 3.05) is 11.1 Å². The smallest absolute Gasteiger partial charge is 0.248 e. The van der Waals surface area contributed by atoms with E-state index in [0.717, 1.165) is 5.56 Å². The third kappa shape index (κ3) is 2.78. The van der Waals surface area contributed by atoms with Gasteiger partial charge in [0, 0.05) is 30.1 Å². The van der Waals surface area contributed by atoms with Crippen molar-refractivity contribution in [3.8, 4) is 0 Å². The highest BCUT2D eigenvalue weighted by atomic mass is 19.3. The van der Waals surface area contributed by atoms with Gasteiger partial charge in [0.25, 0.3) is 0 Å². The van der Waals surface area contributed by atoms with Gasteiger partial charge >= 0.3 is 0 Å². The topological polar surface area (TPSA) is 55.1 Å². The molecule has 0 radical (unpaired) electrons. The number of benzene rings is 1. The molecule has 2 rings (SSSR count). The molecule has 1 aromatic rings. The molecular formula is C13H16F2N2O. The third-order valence-corrected chi connectivity index (χ3v) is 3.31.